The van der Waals surface area contributed by atoms with Crippen molar-refractivity contribution in [3.05, 3.63) is 41.6 Å². The molecule has 0 atom stereocenters. The Morgan fingerprint density at radius 2 is 2.00 bits per heavy atom. The molecule has 0 saturated carbocycles. The summed E-state index contributed by atoms with van der Waals surface area (Å²) in [7, 11) is 2.17. The van der Waals surface area contributed by atoms with E-state index in [0.717, 1.165) is 0 Å². The summed E-state index contributed by atoms with van der Waals surface area (Å²) in [5.41, 5.74) is 2.78. The monoisotopic (exact) mass is 173 g/mol. The number of hydrogen-bond acceptors (Lipinski definition) is 1. The number of likely N-dealkylation sites (tertiary alicyclic amines) is 1. The quantitative estimate of drug-likeness (QED) is 0.631. The molecule has 1 aliphatic heterocycles. The zero-order valence-electron chi connectivity index (χ0n) is 8.03. The molecular formula is C12H15N. The third-order valence-electron chi connectivity index (χ3n) is 2.55. The van der Waals surface area contributed by atoms with E-state index in [4.69, 9.17) is 0 Å². The minimum absolute atomic E-state index is 1.21. The molecule has 1 nitrogen and oxygen atoms in total. The molecule has 0 bridgehead atoms. The lowest BCUT2D eigenvalue weighted by molar-refractivity contribution is 0.484. The van der Waals surface area contributed by atoms with E-state index < -0.39 is 0 Å². The summed E-state index contributed by atoms with van der Waals surface area (Å²) in [6.07, 6.45) is 4.81. The van der Waals surface area contributed by atoms with Crippen molar-refractivity contribution in [2.75, 3.05) is 13.6 Å². The van der Waals surface area contributed by atoms with E-state index in [0.29, 0.717) is 0 Å². The zero-order valence-corrected chi connectivity index (χ0v) is 8.03. The number of hydrogen-bond donors (Lipinski definition) is 0. The molecule has 0 spiro atoms. The van der Waals surface area contributed by atoms with E-state index >= 15 is 0 Å². The van der Waals surface area contributed by atoms with Crippen LogP contribution in [0.25, 0.3) is 6.08 Å². The van der Waals surface area contributed by atoms with E-state index in [1.807, 2.05) is 0 Å². The first-order chi connectivity index (χ1) is 6.36. The van der Waals surface area contributed by atoms with Crippen molar-refractivity contribution in [3.63, 3.8) is 0 Å². The Morgan fingerprint density at radius 3 is 2.62 bits per heavy atom. The Hall–Kier alpha value is -1.24. The van der Waals surface area contributed by atoms with E-state index in [1.54, 1.807) is 0 Å². The van der Waals surface area contributed by atoms with Gasteiger partial charge in [-0.1, -0.05) is 30.3 Å². The highest BCUT2D eigenvalue weighted by molar-refractivity contribution is 5.52. The fraction of sp³-hybridized carbons (Fsp3) is 0.333. The van der Waals surface area contributed by atoms with Gasteiger partial charge < -0.3 is 4.90 Å². The molecule has 13 heavy (non-hydrogen) atoms. The molecule has 1 heteroatoms. The second-order valence-electron chi connectivity index (χ2n) is 3.57. The molecule has 0 unspecified atom stereocenters. The lowest BCUT2D eigenvalue weighted by Crippen LogP contribution is -2.09. The topological polar surface area (TPSA) is 3.24 Å². The Labute approximate surface area is 79.7 Å². The molecule has 1 aromatic carbocycles. The van der Waals surface area contributed by atoms with Crippen LogP contribution in [0.15, 0.2) is 36.0 Å². The average molecular weight is 173 g/mol. The van der Waals surface area contributed by atoms with Crippen LogP contribution < -0.4 is 0 Å². The van der Waals surface area contributed by atoms with Crippen molar-refractivity contribution in [2.45, 2.75) is 12.8 Å². The highest BCUT2D eigenvalue weighted by Crippen LogP contribution is 2.21. The van der Waals surface area contributed by atoms with Gasteiger partial charge in [0, 0.05) is 19.3 Å². The van der Waals surface area contributed by atoms with Crippen molar-refractivity contribution < 1.29 is 0 Å². The Bertz CT molecular complexity index is 300. The standard InChI is InChI=1S/C12H15N/c1-13-9-5-8-12(13)10-11-6-3-2-4-7-11/h2-4,6-7,10H,5,8-9H2,1H3/b12-10+. The predicted molar refractivity (Wildman–Crippen MR) is 56.3 cm³/mol. The van der Waals surface area contributed by atoms with Crippen LogP contribution in [0.1, 0.15) is 18.4 Å². The summed E-state index contributed by atoms with van der Waals surface area (Å²) in [4.78, 5) is 2.34. The molecular weight excluding hydrogens is 158 g/mol. The smallest absolute Gasteiger partial charge is 0.0175 e. The lowest BCUT2D eigenvalue weighted by atomic mass is 10.2. The first-order valence-corrected chi connectivity index (χ1v) is 4.83. The van der Waals surface area contributed by atoms with Crippen LogP contribution in [0.4, 0.5) is 0 Å². The van der Waals surface area contributed by atoms with E-state index in [2.05, 4.69) is 48.4 Å². The molecule has 0 N–H and O–H groups in total. The number of benzene rings is 1. The van der Waals surface area contributed by atoms with Crippen LogP contribution in [0.3, 0.4) is 0 Å². The predicted octanol–water partition coefficient (Wildman–Crippen LogP) is 2.75. The molecule has 68 valence electrons. The summed E-state index contributed by atoms with van der Waals surface area (Å²) >= 11 is 0. The molecule has 0 aromatic heterocycles. The van der Waals surface area contributed by atoms with Crippen LogP contribution in [0.5, 0.6) is 0 Å². The van der Waals surface area contributed by atoms with Gasteiger partial charge in [-0.15, -0.1) is 0 Å². The van der Waals surface area contributed by atoms with E-state index in [9.17, 15) is 0 Å². The third-order valence-corrected chi connectivity index (χ3v) is 2.55. The summed E-state index contributed by atoms with van der Waals surface area (Å²) in [6, 6.07) is 10.5. The molecule has 1 aromatic rings. The van der Waals surface area contributed by atoms with Gasteiger partial charge in [0.05, 0.1) is 0 Å². The van der Waals surface area contributed by atoms with Crippen LogP contribution in [0, 0.1) is 0 Å². The molecule has 2 rings (SSSR count). The maximum atomic E-state index is 2.34. The van der Waals surface area contributed by atoms with Gasteiger partial charge in [-0.3, -0.25) is 0 Å². The van der Waals surface area contributed by atoms with E-state index in [1.165, 1.54) is 30.6 Å². The van der Waals surface area contributed by atoms with Gasteiger partial charge in [0.1, 0.15) is 0 Å². The van der Waals surface area contributed by atoms with Gasteiger partial charge >= 0.3 is 0 Å². The molecule has 1 heterocycles. The SMILES string of the molecule is CN1CCC/C1=C\c1ccccc1. The third kappa shape index (κ3) is 1.92. The second kappa shape index (κ2) is 3.65. The first kappa shape index (κ1) is 8.36. The summed E-state index contributed by atoms with van der Waals surface area (Å²) in [5.74, 6) is 0. The number of nitrogens with zero attached hydrogens (tertiary/aromatic N) is 1. The second-order valence-corrected chi connectivity index (χ2v) is 3.57. The molecule has 0 aliphatic carbocycles. The Kier molecular flexibility index (Phi) is 2.35. The van der Waals surface area contributed by atoms with Crippen LogP contribution in [-0.4, -0.2) is 18.5 Å². The van der Waals surface area contributed by atoms with Gasteiger partial charge in [0.15, 0.2) is 0 Å². The largest absolute Gasteiger partial charge is 0.378 e. The average Bonchev–Trinajstić information content (AvgIpc) is 2.54. The lowest BCUT2D eigenvalue weighted by Gasteiger charge is -2.12. The highest BCUT2D eigenvalue weighted by Gasteiger charge is 2.11. The summed E-state index contributed by atoms with van der Waals surface area (Å²) in [5, 5.41) is 0. The number of rotatable bonds is 1. The van der Waals surface area contributed by atoms with Crippen molar-refractivity contribution in [1.82, 2.24) is 4.90 Å². The van der Waals surface area contributed by atoms with Crippen molar-refractivity contribution in [3.8, 4) is 0 Å². The van der Waals surface area contributed by atoms with Gasteiger partial charge in [-0.25, -0.2) is 0 Å². The van der Waals surface area contributed by atoms with Gasteiger partial charge in [-0.2, -0.15) is 0 Å². The van der Waals surface area contributed by atoms with Crippen LogP contribution >= 0.6 is 0 Å². The first-order valence-electron chi connectivity index (χ1n) is 4.83. The fourth-order valence-electron chi connectivity index (χ4n) is 1.76. The normalized spacial score (nSPS) is 19.8. The van der Waals surface area contributed by atoms with Crippen LogP contribution in [-0.2, 0) is 0 Å². The maximum Gasteiger partial charge on any atom is 0.0175 e. The van der Waals surface area contributed by atoms with Crippen molar-refractivity contribution in [2.24, 2.45) is 0 Å². The molecule has 0 radical (unpaired) electrons. The molecule has 0 amide bonds. The minimum Gasteiger partial charge on any atom is -0.378 e. The summed E-state index contributed by atoms with van der Waals surface area (Å²) in [6.45, 7) is 1.21. The maximum absolute atomic E-state index is 2.34. The molecule has 1 saturated heterocycles. The zero-order chi connectivity index (χ0) is 9.10. The van der Waals surface area contributed by atoms with E-state index in [-0.39, 0.29) is 0 Å². The Morgan fingerprint density at radius 1 is 1.23 bits per heavy atom. The summed E-state index contributed by atoms with van der Waals surface area (Å²) < 4.78 is 0. The van der Waals surface area contributed by atoms with Gasteiger partial charge in [0.25, 0.3) is 0 Å². The molecule has 1 aliphatic rings. The molecule has 1 fully saturated rings. The van der Waals surface area contributed by atoms with Crippen molar-refractivity contribution in [1.29, 1.82) is 0 Å². The van der Waals surface area contributed by atoms with Gasteiger partial charge in [0.2, 0.25) is 0 Å². The number of allylic oxidation sites excluding steroid dienone is 1. The van der Waals surface area contributed by atoms with Crippen LogP contribution in [0.2, 0.25) is 0 Å². The van der Waals surface area contributed by atoms with Crippen molar-refractivity contribution >= 4 is 6.08 Å². The Balaban J connectivity index is 2.20. The minimum atomic E-state index is 1.21. The highest BCUT2D eigenvalue weighted by atomic mass is 15.1. The van der Waals surface area contributed by atoms with Gasteiger partial charge in [-0.05, 0) is 24.5 Å². The fourth-order valence-corrected chi connectivity index (χ4v) is 1.76.